The van der Waals surface area contributed by atoms with Crippen LogP contribution in [0.25, 0.3) is 11.4 Å². The van der Waals surface area contributed by atoms with Crippen LogP contribution in [0.15, 0.2) is 47.0 Å². The normalized spacial score (nSPS) is 17.3. The lowest BCUT2D eigenvalue weighted by molar-refractivity contribution is -0.121. The van der Waals surface area contributed by atoms with Gasteiger partial charge in [-0.25, -0.2) is 0 Å². The molecule has 2 fully saturated rings. The maximum Gasteiger partial charge on any atom is 0.253 e. The fraction of sp³-hybridized carbons (Fsp3) is 0.429. The molecule has 1 aliphatic heterocycles. The summed E-state index contributed by atoms with van der Waals surface area (Å²) in [6.07, 6.45) is 6.95. The highest BCUT2D eigenvalue weighted by molar-refractivity contribution is 6.36. The molecule has 2 aromatic carbocycles. The molecule has 38 heavy (non-hydrogen) atoms. The summed E-state index contributed by atoms with van der Waals surface area (Å²) < 4.78 is 5.44. The van der Waals surface area contributed by atoms with Crippen LogP contribution in [-0.4, -0.2) is 46.0 Å². The first-order chi connectivity index (χ1) is 18.5. The molecule has 200 valence electrons. The average molecular weight is 556 g/mol. The van der Waals surface area contributed by atoms with Crippen molar-refractivity contribution in [3.8, 4) is 11.4 Å². The summed E-state index contributed by atoms with van der Waals surface area (Å²) in [7, 11) is 0. The zero-order chi connectivity index (χ0) is 26.5. The number of likely N-dealkylation sites (tertiary alicyclic amines) is 1. The molecule has 8 nitrogen and oxygen atoms in total. The fourth-order valence-electron chi connectivity index (χ4n) is 5.18. The number of hydrogen-bond donors (Lipinski definition) is 2. The zero-order valence-electron chi connectivity index (χ0n) is 21.1. The van der Waals surface area contributed by atoms with Crippen LogP contribution in [0.1, 0.15) is 61.2 Å². The first-order valence-electron chi connectivity index (χ1n) is 13.2. The molecule has 3 aromatic rings. The van der Waals surface area contributed by atoms with Gasteiger partial charge in [0.2, 0.25) is 17.6 Å². The van der Waals surface area contributed by atoms with Crippen molar-refractivity contribution < 1.29 is 14.1 Å². The van der Waals surface area contributed by atoms with E-state index in [1.54, 1.807) is 30.3 Å². The number of carbonyl (C=O) groups excluding carboxylic acids is 2. The third-order valence-electron chi connectivity index (χ3n) is 7.33. The summed E-state index contributed by atoms with van der Waals surface area (Å²) in [4.78, 5) is 32.7. The van der Waals surface area contributed by atoms with Crippen LogP contribution in [0.4, 0.5) is 5.69 Å². The maximum absolute atomic E-state index is 13.1. The van der Waals surface area contributed by atoms with Gasteiger partial charge in [0.1, 0.15) is 0 Å². The van der Waals surface area contributed by atoms with Gasteiger partial charge in [-0.1, -0.05) is 59.8 Å². The molecule has 2 aliphatic rings. The molecular formula is C28H31Cl2N5O3. The molecule has 2 amide bonds. The molecule has 0 radical (unpaired) electrons. The van der Waals surface area contributed by atoms with E-state index >= 15 is 0 Å². The van der Waals surface area contributed by atoms with Gasteiger partial charge in [-0.05, 0) is 69.1 Å². The minimum atomic E-state index is -0.133. The molecule has 2 heterocycles. The second-order valence-corrected chi connectivity index (χ2v) is 10.9. The number of hydrogen-bond acceptors (Lipinski definition) is 6. The van der Waals surface area contributed by atoms with Crippen LogP contribution >= 0.6 is 23.2 Å². The summed E-state index contributed by atoms with van der Waals surface area (Å²) in [5, 5.41) is 11.2. The fourth-order valence-corrected chi connectivity index (χ4v) is 5.67. The Kier molecular flexibility index (Phi) is 8.61. The van der Waals surface area contributed by atoms with Gasteiger partial charge < -0.3 is 15.2 Å². The highest BCUT2D eigenvalue weighted by Gasteiger charge is 2.27. The number of carbonyl (C=O) groups is 2. The Morgan fingerprint density at radius 2 is 1.76 bits per heavy atom. The molecule has 5 rings (SSSR count). The third-order valence-corrected chi connectivity index (χ3v) is 7.88. The van der Waals surface area contributed by atoms with Crippen molar-refractivity contribution in [1.29, 1.82) is 0 Å². The summed E-state index contributed by atoms with van der Waals surface area (Å²) >= 11 is 12.2. The summed E-state index contributed by atoms with van der Waals surface area (Å²) in [5.41, 5.74) is 1.73. The van der Waals surface area contributed by atoms with Gasteiger partial charge >= 0.3 is 0 Å². The number of para-hydroxylation sites is 1. The number of nitrogens with zero attached hydrogens (tertiary/aromatic N) is 3. The van der Waals surface area contributed by atoms with E-state index in [-0.39, 0.29) is 23.8 Å². The van der Waals surface area contributed by atoms with Crippen LogP contribution in [0.3, 0.4) is 0 Å². The van der Waals surface area contributed by atoms with E-state index in [4.69, 9.17) is 27.7 Å². The molecule has 2 N–H and O–H groups in total. The molecule has 1 aliphatic carbocycles. The van der Waals surface area contributed by atoms with Gasteiger partial charge in [0.05, 0.1) is 22.8 Å². The smallest absolute Gasteiger partial charge is 0.253 e. The lowest BCUT2D eigenvalue weighted by Crippen LogP contribution is -2.38. The predicted octanol–water partition coefficient (Wildman–Crippen LogP) is 5.96. The maximum atomic E-state index is 13.1. The quantitative estimate of drug-likeness (QED) is 0.373. The van der Waals surface area contributed by atoms with E-state index < -0.39 is 0 Å². The van der Waals surface area contributed by atoms with Crippen molar-refractivity contribution in [3.05, 3.63) is 64.0 Å². The van der Waals surface area contributed by atoms with Crippen molar-refractivity contribution >= 4 is 40.7 Å². The molecule has 1 aromatic heterocycles. The van der Waals surface area contributed by atoms with Gasteiger partial charge in [0.15, 0.2) is 0 Å². The Hall–Kier alpha value is -2.94. The second kappa shape index (κ2) is 12.3. The van der Waals surface area contributed by atoms with Crippen molar-refractivity contribution in [2.75, 3.05) is 18.4 Å². The van der Waals surface area contributed by atoms with E-state index in [1.165, 1.54) is 6.42 Å². The largest absolute Gasteiger partial charge is 0.349 e. The third kappa shape index (κ3) is 6.54. The first-order valence-corrected chi connectivity index (χ1v) is 13.9. The number of piperidine rings is 1. The minimum absolute atomic E-state index is 0.0555. The number of benzene rings is 2. The first kappa shape index (κ1) is 26.7. The van der Waals surface area contributed by atoms with Gasteiger partial charge in [-0.15, -0.1) is 0 Å². The summed E-state index contributed by atoms with van der Waals surface area (Å²) in [6, 6.07) is 12.6. The highest BCUT2D eigenvalue weighted by Crippen LogP contribution is 2.29. The number of aromatic nitrogens is 2. The lowest BCUT2D eigenvalue weighted by Gasteiger charge is -2.30. The Bertz CT molecular complexity index is 1280. The van der Waals surface area contributed by atoms with Gasteiger partial charge in [-0.3, -0.25) is 14.5 Å². The molecule has 1 saturated heterocycles. The molecular weight excluding hydrogens is 525 g/mol. The van der Waals surface area contributed by atoms with E-state index in [0.29, 0.717) is 58.0 Å². The molecule has 0 atom stereocenters. The van der Waals surface area contributed by atoms with Gasteiger partial charge in [0, 0.05) is 22.5 Å². The lowest BCUT2D eigenvalue weighted by atomic mass is 9.95. The molecule has 10 heteroatoms. The van der Waals surface area contributed by atoms with Crippen molar-refractivity contribution in [2.45, 2.75) is 57.5 Å². The van der Waals surface area contributed by atoms with E-state index in [2.05, 4.69) is 25.7 Å². The van der Waals surface area contributed by atoms with E-state index in [1.807, 2.05) is 12.1 Å². The number of nitrogens with one attached hydrogen (secondary N) is 2. The highest BCUT2D eigenvalue weighted by atomic mass is 35.5. The average Bonchev–Trinajstić information content (AvgIpc) is 3.38. The van der Waals surface area contributed by atoms with E-state index in [0.717, 1.165) is 38.8 Å². The van der Waals surface area contributed by atoms with Crippen molar-refractivity contribution in [2.24, 2.45) is 5.92 Å². The van der Waals surface area contributed by atoms with Crippen LogP contribution in [0, 0.1) is 5.92 Å². The predicted molar refractivity (Wildman–Crippen MR) is 147 cm³/mol. The van der Waals surface area contributed by atoms with Gasteiger partial charge in [0.25, 0.3) is 5.91 Å². The summed E-state index contributed by atoms with van der Waals surface area (Å²) in [5.74, 6) is 0.599. The van der Waals surface area contributed by atoms with Crippen LogP contribution in [-0.2, 0) is 11.3 Å². The Balaban J connectivity index is 1.13. The second-order valence-electron chi connectivity index (χ2n) is 10.0. The van der Waals surface area contributed by atoms with E-state index in [9.17, 15) is 9.59 Å². The Morgan fingerprint density at radius 1 is 1.00 bits per heavy atom. The molecule has 0 bridgehead atoms. The van der Waals surface area contributed by atoms with Crippen LogP contribution in [0.5, 0.6) is 0 Å². The number of halogens is 2. The standard InChI is InChI=1S/C28H31Cl2N5O3/c29-19-10-11-21(23(30)16-19)26-33-25(38-34-26)17-35-14-12-18(13-15-35)27(36)32-24-9-5-4-8-22(24)28(37)31-20-6-2-1-3-7-20/h4-5,8-11,16,18,20H,1-3,6-7,12-15,17H2,(H,31,37)(H,32,36). The van der Waals surface area contributed by atoms with Crippen molar-refractivity contribution in [3.63, 3.8) is 0 Å². The summed E-state index contributed by atoms with van der Waals surface area (Å²) in [6.45, 7) is 1.94. The zero-order valence-corrected chi connectivity index (χ0v) is 22.6. The van der Waals surface area contributed by atoms with Crippen LogP contribution < -0.4 is 10.6 Å². The molecule has 0 unspecified atom stereocenters. The molecule has 0 spiro atoms. The molecule has 1 saturated carbocycles. The number of rotatable bonds is 7. The Labute approximate surface area is 232 Å². The topological polar surface area (TPSA) is 100 Å². The Morgan fingerprint density at radius 3 is 2.53 bits per heavy atom. The van der Waals surface area contributed by atoms with Crippen LogP contribution in [0.2, 0.25) is 10.0 Å². The monoisotopic (exact) mass is 555 g/mol. The van der Waals surface area contributed by atoms with Crippen molar-refractivity contribution in [1.82, 2.24) is 20.4 Å². The number of anilines is 1. The van der Waals surface area contributed by atoms with Gasteiger partial charge in [-0.2, -0.15) is 4.98 Å². The SMILES string of the molecule is O=C(NC1CCCCC1)c1ccccc1NC(=O)C1CCN(Cc2nc(-c3ccc(Cl)cc3Cl)no2)CC1. The number of amides is 2. The minimum Gasteiger partial charge on any atom is -0.349 e.